The fraction of sp³-hybridized carbons (Fsp3) is 0.150. The minimum atomic E-state index is -0.950. The van der Waals surface area contributed by atoms with Gasteiger partial charge in [0.1, 0.15) is 23.5 Å². The van der Waals surface area contributed by atoms with Crippen LogP contribution in [-0.2, 0) is 11.2 Å². The van der Waals surface area contributed by atoms with Crippen molar-refractivity contribution in [3.05, 3.63) is 76.6 Å². The molecule has 2 N–H and O–H groups in total. The second-order valence-corrected chi connectivity index (χ2v) is 6.47. The van der Waals surface area contributed by atoms with E-state index in [1.54, 1.807) is 24.3 Å². The number of nitrogens with zero attached hydrogens (tertiary/aromatic N) is 1. The largest absolute Gasteiger partial charge is 0.444 e. The van der Waals surface area contributed by atoms with Crippen molar-refractivity contribution in [2.24, 2.45) is 0 Å². The molecule has 0 aliphatic heterocycles. The summed E-state index contributed by atoms with van der Waals surface area (Å²) in [4.78, 5) is 28.1. The van der Waals surface area contributed by atoms with E-state index in [-0.39, 0.29) is 25.4 Å². The molecule has 0 radical (unpaired) electrons. The lowest BCUT2D eigenvalue weighted by molar-refractivity contribution is -0.120. The number of carbonyl (C=O) groups is 2. The highest BCUT2D eigenvalue weighted by Crippen LogP contribution is 2.21. The van der Waals surface area contributed by atoms with Crippen molar-refractivity contribution in [3.63, 3.8) is 0 Å². The highest BCUT2D eigenvalue weighted by atomic mass is 35.5. The Bertz CT molecular complexity index is 1000. The first-order valence-electron chi connectivity index (χ1n) is 8.63. The zero-order valence-electron chi connectivity index (χ0n) is 15.0. The first kappa shape index (κ1) is 20.5. The molecule has 0 saturated heterocycles. The summed E-state index contributed by atoms with van der Waals surface area (Å²) in [5.74, 6) is -2.77. The van der Waals surface area contributed by atoms with Gasteiger partial charge in [0, 0.05) is 23.7 Å². The molecule has 0 bridgehead atoms. The van der Waals surface area contributed by atoms with Crippen LogP contribution in [-0.4, -0.2) is 29.9 Å². The number of rotatable bonds is 7. The smallest absolute Gasteiger partial charge is 0.257 e. The number of hydrogen-bond acceptors (Lipinski definition) is 4. The predicted octanol–water partition coefficient (Wildman–Crippen LogP) is 3.36. The Hall–Kier alpha value is -3.26. The molecule has 3 rings (SSSR count). The van der Waals surface area contributed by atoms with Crippen LogP contribution in [0.1, 0.15) is 16.1 Å². The molecule has 2 aromatic carbocycles. The van der Waals surface area contributed by atoms with E-state index in [1.807, 2.05) is 0 Å². The standard InChI is InChI=1S/C20H16ClF2N3O3/c21-13-6-4-12(5-7-13)20-26-14(11-29-20)10-17(27)24-8-9-25-19(28)18-15(22)2-1-3-16(18)23/h1-7,11H,8-10H2,(H,24,27)(H,25,28). The van der Waals surface area contributed by atoms with Crippen molar-refractivity contribution in [2.75, 3.05) is 13.1 Å². The molecule has 0 atom stereocenters. The maximum Gasteiger partial charge on any atom is 0.257 e. The highest BCUT2D eigenvalue weighted by molar-refractivity contribution is 6.30. The molecule has 0 spiro atoms. The first-order valence-corrected chi connectivity index (χ1v) is 9.01. The fourth-order valence-electron chi connectivity index (χ4n) is 2.52. The monoisotopic (exact) mass is 419 g/mol. The van der Waals surface area contributed by atoms with E-state index >= 15 is 0 Å². The lowest BCUT2D eigenvalue weighted by atomic mass is 10.2. The zero-order valence-corrected chi connectivity index (χ0v) is 15.8. The SMILES string of the molecule is O=C(Cc1coc(-c2ccc(Cl)cc2)n1)NCCNC(=O)c1c(F)cccc1F. The number of benzene rings is 2. The number of carbonyl (C=O) groups excluding carboxylic acids is 2. The maximum absolute atomic E-state index is 13.5. The minimum Gasteiger partial charge on any atom is -0.444 e. The number of nitrogens with one attached hydrogen (secondary N) is 2. The number of oxazole rings is 1. The highest BCUT2D eigenvalue weighted by Gasteiger charge is 2.16. The number of halogens is 3. The Morgan fingerprint density at radius 1 is 1.00 bits per heavy atom. The van der Waals surface area contributed by atoms with Gasteiger partial charge in [-0.2, -0.15) is 0 Å². The van der Waals surface area contributed by atoms with Crippen molar-refractivity contribution in [2.45, 2.75) is 6.42 Å². The summed E-state index contributed by atoms with van der Waals surface area (Å²) < 4.78 is 32.4. The predicted molar refractivity (Wildman–Crippen MR) is 102 cm³/mol. The van der Waals surface area contributed by atoms with Crippen molar-refractivity contribution in [1.29, 1.82) is 0 Å². The van der Waals surface area contributed by atoms with E-state index in [9.17, 15) is 18.4 Å². The Morgan fingerprint density at radius 2 is 1.66 bits per heavy atom. The molecule has 0 fully saturated rings. The van der Waals surface area contributed by atoms with Crippen molar-refractivity contribution in [1.82, 2.24) is 15.6 Å². The maximum atomic E-state index is 13.5. The summed E-state index contributed by atoms with van der Waals surface area (Å²) in [6.45, 7) is 0.0930. The van der Waals surface area contributed by atoms with Crippen LogP contribution in [0.25, 0.3) is 11.5 Å². The third-order valence-electron chi connectivity index (χ3n) is 3.91. The summed E-state index contributed by atoms with van der Waals surface area (Å²) >= 11 is 5.84. The second kappa shape index (κ2) is 9.29. The van der Waals surface area contributed by atoms with Crippen molar-refractivity contribution in [3.8, 4) is 11.5 Å². The second-order valence-electron chi connectivity index (χ2n) is 6.03. The number of hydrogen-bond donors (Lipinski definition) is 2. The molecule has 0 aliphatic rings. The van der Waals surface area contributed by atoms with Crippen LogP contribution in [0.3, 0.4) is 0 Å². The van der Waals surface area contributed by atoms with Crippen molar-refractivity contribution < 1.29 is 22.8 Å². The molecule has 0 aliphatic carbocycles. The molecule has 1 aromatic heterocycles. The lowest BCUT2D eigenvalue weighted by Crippen LogP contribution is -2.36. The van der Waals surface area contributed by atoms with Crippen LogP contribution in [0.2, 0.25) is 5.02 Å². The van der Waals surface area contributed by atoms with Crippen LogP contribution < -0.4 is 10.6 Å². The molecule has 3 aromatic rings. The van der Waals surface area contributed by atoms with Gasteiger partial charge >= 0.3 is 0 Å². The van der Waals surface area contributed by atoms with Gasteiger partial charge in [-0.1, -0.05) is 17.7 Å². The molecule has 6 nitrogen and oxygen atoms in total. The van der Waals surface area contributed by atoms with Gasteiger partial charge in [0.05, 0.1) is 12.1 Å². The number of amides is 2. The molecule has 29 heavy (non-hydrogen) atoms. The summed E-state index contributed by atoms with van der Waals surface area (Å²) in [5, 5.41) is 5.52. The van der Waals surface area contributed by atoms with Gasteiger partial charge in [-0.25, -0.2) is 13.8 Å². The zero-order chi connectivity index (χ0) is 20.8. The quantitative estimate of drug-likeness (QED) is 0.575. The molecule has 9 heteroatoms. The third-order valence-corrected chi connectivity index (χ3v) is 4.16. The molecule has 0 saturated carbocycles. The van der Waals surface area contributed by atoms with Crippen LogP contribution in [0.4, 0.5) is 8.78 Å². The third kappa shape index (κ3) is 5.39. The van der Waals surface area contributed by atoms with Gasteiger partial charge in [0.15, 0.2) is 0 Å². The van der Waals surface area contributed by atoms with E-state index in [1.165, 1.54) is 12.3 Å². The summed E-state index contributed by atoms with van der Waals surface area (Å²) in [6.07, 6.45) is 1.36. The topological polar surface area (TPSA) is 84.2 Å². The Morgan fingerprint density at radius 3 is 2.34 bits per heavy atom. The Kier molecular flexibility index (Phi) is 6.56. The van der Waals surface area contributed by atoms with E-state index in [4.69, 9.17) is 16.0 Å². The Labute approximate surface area is 169 Å². The Balaban J connectivity index is 1.45. The van der Waals surface area contributed by atoms with Gasteiger partial charge in [-0.15, -0.1) is 0 Å². The minimum absolute atomic E-state index is 0.00713. The summed E-state index contributed by atoms with van der Waals surface area (Å²) in [7, 11) is 0. The lowest BCUT2D eigenvalue weighted by Gasteiger charge is -2.08. The van der Waals surface area contributed by atoms with Crippen LogP contribution >= 0.6 is 11.6 Å². The average molecular weight is 420 g/mol. The van der Waals surface area contributed by atoms with Gasteiger partial charge in [-0.05, 0) is 36.4 Å². The summed E-state index contributed by atoms with van der Waals surface area (Å²) in [6, 6.07) is 10.1. The molecular formula is C20H16ClF2N3O3. The van der Waals surface area contributed by atoms with Crippen LogP contribution in [0.5, 0.6) is 0 Å². The van der Waals surface area contributed by atoms with E-state index in [0.717, 1.165) is 17.7 Å². The van der Waals surface area contributed by atoms with Gasteiger partial charge < -0.3 is 15.1 Å². The normalized spacial score (nSPS) is 10.6. The molecule has 150 valence electrons. The van der Waals surface area contributed by atoms with Gasteiger partial charge in [-0.3, -0.25) is 9.59 Å². The van der Waals surface area contributed by atoms with Gasteiger partial charge in [0.2, 0.25) is 11.8 Å². The van der Waals surface area contributed by atoms with E-state index in [2.05, 4.69) is 15.6 Å². The fourth-order valence-corrected chi connectivity index (χ4v) is 2.65. The van der Waals surface area contributed by atoms with Crippen molar-refractivity contribution >= 4 is 23.4 Å². The summed E-state index contributed by atoms with van der Waals surface area (Å²) in [5.41, 5.74) is 0.505. The number of aromatic nitrogens is 1. The van der Waals surface area contributed by atoms with Crippen LogP contribution in [0, 0.1) is 11.6 Å². The van der Waals surface area contributed by atoms with E-state index < -0.39 is 23.1 Å². The molecule has 0 unspecified atom stereocenters. The average Bonchev–Trinajstić information content (AvgIpc) is 3.14. The molecule has 2 amide bonds. The molecule has 1 heterocycles. The first-order chi connectivity index (χ1) is 13.9. The molecular weight excluding hydrogens is 404 g/mol. The van der Waals surface area contributed by atoms with Gasteiger partial charge in [0.25, 0.3) is 5.91 Å². The van der Waals surface area contributed by atoms with Crippen LogP contribution in [0.15, 0.2) is 53.1 Å². The van der Waals surface area contributed by atoms with E-state index in [0.29, 0.717) is 16.6 Å².